The number of nitrogens with one attached hydrogen (secondary N) is 2. The molecule has 14 heteroatoms. The maximum Gasteiger partial charge on any atom is 0.309 e. The van der Waals surface area contributed by atoms with Crippen molar-refractivity contribution >= 4 is 22.4 Å². The van der Waals surface area contributed by atoms with Gasteiger partial charge in [0.25, 0.3) is 0 Å². The summed E-state index contributed by atoms with van der Waals surface area (Å²) in [5.74, 6) is -1.40. The van der Waals surface area contributed by atoms with Gasteiger partial charge < -0.3 is 35.1 Å². The summed E-state index contributed by atoms with van der Waals surface area (Å²) >= 11 is 1.45. The van der Waals surface area contributed by atoms with Crippen molar-refractivity contribution in [1.82, 2.24) is 25.3 Å². The highest BCUT2D eigenvalue weighted by molar-refractivity contribution is 7.13. The normalized spacial score (nSPS) is 32.9. The number of rotatable bonds is 14. The number of hydrogen-bond donors (Lipinski definition) is 4. The number of ether oxygens (including phenoxy) is 3. The van der Waals surface area contributed by atoms with Crippen molar-refractivity contribution in [2.75, 3.05) is 18.5 Å². The van der Waals surface area contributed by atoms with Gasteiger partial charge in [0.2, 0.25) is 0 Å². The molecule has 0 spiro atoms. The minimum Gasteiger partial charge on any atom is -0.481 e. The fraction of sp³-hybridized carbons (Fsp3) is 0.812. The van der Waals surface area contributed by atoms with Crippen LogP contribution in [0, 0.1) is 17.8 Å². The second-order valence-corrected chi connectivity index (χ2v) is 14.4. The molecule has 3 saturated carbocycles. The van der Waals surface area contributed by atoms with Crippen molar-refractivity contribution in [1.29, 1.82) is 0 Å². The summed E-state index contributed by atoms with van der Waals surface area (Å²) in [4.78, 5) is 15.7. The van der Waals surface area contributed by atoms with Crippen LogP contribution in [0.5, 0.6) is 0 Å². The van der Waals surface area contributed by atoms with Crippen molar-refractivity contribution in [3.63, 3.8) is 0 Å². The van der Waals surface area contributed by atoms with Gasteiger partial charge in [-0.05, 0) is 63.3 Å². The van der Waals surface area contributed by atoms with Gasteiger partial charge in [0.1, 0.15) is 18.1 Å². The molecular formula is C32H49FN6O6S. The molecule has 1 saturated heterocycles. The van der Waals surface area contributed by atoms with E-state index in [-0.39, 0.29) is 43.1 Å². The van der Waals surface area contributed by atoms with E-state index < -0.39 is 24.3 Å². The second kappa shape index (κ2) is 16.2. The van der Waals surface area contributed by atoms with E-state index in [2.05, 4.69) is 25.9 Å². The van der Waals surface area contributed by atoms with E-state index in [1.54, 1.807) is 10.9 Å². The Morgan fingerprint density at radius 1 is 1.11 bits per heavy atom. The van der Waals surface area contributed by atoms with Gasteiger partial charge in [-0.3, -0.25) is 4.79 Å². The zero-order valence-electron chi connectivity index (χ0n) is 26.4. The predicted octanol–water partition coefficient (Wildman–Crippen LogP) is 4.15. The Morgan fingerprint density at radius 2 is 1.98 bits per heavy atom. The van der Waals surface area contributed by atoms with E-state index in [1.807, 2.05) is 11.6 Å². The Balaban J connectivity index is 1.06. The lowest BCUT2D eigenvalue weighted by Gasteiger charge is -2.48. The molecule has 0 aromatic carbocycles. The number of aromatic nitrogens is 4. The van der Waals surface area contributed by atoms with E-state index >= 15 is 0 Å². The Hall–Kier alpha value is -2.23. The van der Waals surface area contributed by atoms with Gasteiger partial charge in [-0.25, -0.2) is 14.1 Å². The molecule has 3 aliphatic carbocycles. The van der Waals surface area contributed by atoms with Gasteiger partial charge >= 0.3 is 5.97 Å². The number of halogens is 1. The third kappa shape index (κ3) is 9.01. The summed E-state index contributed by atoms with van der Waals surface area (Å²) in [6.45, 7) is 2.31. The van der Waals surface area contributed by atoms with Crippen LogP contribution in [0.25, 0.3) is 0 Å². The molecule has 6 rings (SSSR count). The van der Waals surface area contributed by atoms with Crippen LogP contribution in [0.1, 0.15) is 82.7 Å². The third-order valence-electron chi connectivity index (χ3n) is 10.4. The fourth-order valence-corrected chi connectivity index (χ4v) is 8.53. The standard InChI is InChI=1S/C32H49FN6O6S/c33-26-15-23(6-7-24(26)31(41)42)45-29-16-25-20(8-9-34-27(25)17-30(40)36-32-35-10-13-46-32)14-28(29)43-12-11-39-18-21(37-38-39)19-44-22-4-2-1-3-5-22/h10,13,18,20,22-30,34,40H,1-9,11-12,14-17,19H2,(H,35,36)(H,41,42)/t20?,23?,24?,25?,26?,27-,28?,29?,30?/m1/s1. The molecule has 4 aliphatic rings. The van der Waals surface area contributed by atoms with E-state index in [4.69, 9.17) is 14.2 Å². The van der Waals surface area contributed by atoms with E-state index in [9.17, 15) is 19.4 Å². The molecule has 0 bridgehead atoms. The lowest BCUT2D eigenvalue weighted by atomic mass is 9.68. The second-order valence-electron chi connectivity index (χ2n) is 13.5. The first-order valence-electron chi connectivity index (χ1n) is 17.1. The highest BCUT2D eigenvalue weighted by Crippen LogP contribution is 2.42. The number of aliphatic hydroxyl groups is 1. The van der Waals surface area contributed by atoms with Crippen LogP contribution >= 0.6 is 11.3 Å². The third-order valence-corrected chi connectivity index (χ3v) is 11.1. The molecule has 0 radical (unpaired) electrons. The highest BCUT2D eigenvalue weighted by atomic mass is 32.1. The van der Waals surface area contributed by atoms with Crippen molar-refractivity contribution in [2.45, 2.75) is 133 Å². The molecule has 3 heterocycles. The number of hydrogen-bond acceptors (Lipinski definition) is 11. The lowest BCUT2D eigenvalue weighted by molar-refractivity contribution is -0.164. The zero-order chi connectivity index (χ0) is 31.9. The number of carbonyl (C=O) groups is 1. The molecule has 46 heavy (non-hydrogen) atoms. The Labute approximate surface area is 273 Å². The summed E-state index contributed by atoms with van der Waals surface area (Å²) < 4.78 is 35.8. The number of piperidine rings is 1. The smallest absolute Gasteiger partial charge is 0.309 e. The summed E-state index contributed by atoms with van der Waals surface area (Å²) in [6.07, 6.45) is 10.9. The minimum absolute atomic E-state index is 0.0781. The van der Waals surface area contributed by atoms with E-state index in [1.165, 1.54) is 30.6 Å². The van der Waals surface area contributed by atoms with Crippen LogP contribution in [0.15, 0.2) is 17.8 Å². The van der Waals surface area contributed by atoms with Crippen LogP contribution in [0.2, 0.25) is 0 Å². The van der Waals surface area contributed by atoms with E-state index in [0.29, 0.717) is 49.8 Å². The van der Waals surface area contributed by atoms with Gasteiger partial charge in [0.05, 0.1) is 56.3 Å². The molecule has 4 fully saturated rings. The minimum atomic E-state index is -1.42. The Kier molecular flexibility index (Phi) is 11.9. The Bertz CT molecular complexity index is 1220. The average Bonchev–Trinajstić information content (AvgIpc) is 3.73. The fourth-order valence-electron chi connectivity index (χ4n) is 7.96. The number of fused-ring (bicyclic) bond motifs is 1. The molecule has 0 amide bonds. The summed E-state index contributed by atoms with van der Waals surface area (Å²) in [7, 11) is 0. The number of anilines is 1. The first-order valence-corrected chi connectivity index (χ1v) is 18.0. The van der Waals surface area contributed by atoms with Crippen molar-refractivity contribution in [3.8, 4) is 0 Å². The largest absolute Gasteiger partial charge is 0.481 e. The van der Waals surface area contributed by atoms with Crippen molar-refractivity contribution in [2.24, 2.45) is 17.8 Å². The average molecular weight is 665 g/mol. The first kappa shape index (κ1) is 33.7. The Morgan fingerprint density at radius 3 is 2.76 bits per heavy atom. The molecule has 12 nitrogen and oxygen atoms in total. The molecular weight excluding hydrogens is 615 g/mol. The highest BCUT2D eigenvalue weighted by Gasteiger charge is 2.45. The van der Waals surface area contributed by atoms with Crippen LogP contribution in [-0.4, -0.2) is 92.2 Å². The number of aliphatic hydroxyl groups excluding tert-OH is 1. The van der Waals surface area contributed by atoms with Crippen LogP contribution in [0.3, 0.4) is 0 Å². The number of carboxylic acid groups (broad SMARTS) is 1. The monoisotopic (exact) mass is 664 g/mol. The van der Waals surface area contributed by atoms with E-state index in [0.717, 1.165) is 44.3 Å². The molecule has 8 unspecified atom stereocenters. The van der Waals surface area contributed by atoms with Crippen molar-refractivity contribution < 1.29 is 33.6 Å². The number of aliphatic carboxylic acids is 1. The summed E-state index contributed by atoms with van der Waals surface area (Å²) in [6, 6.07) is 0.0781. The molecule has 1 aliphatic heterocycles. The number of nitrogens with zero attached hydrogens (tertiary/aromatic N) is 4. The van der Waals surface area contributed by atoms with Crippen molar-refractivity contribution in [3.05, 3.63) is 23.5 Å². The first-order chi connectivity index (χ1) is 22.4. The molecule has 4 N–H and O–H groups in total. The SMILES string of the molecule is O=C(O)C1CCC(OC2CC3C(CCN[C@@H]3CC(O)Nc3nccs3)CC2OCCn2cc(COC3CCCCC3)nn2)CC1F. The number of thiazole rings is 1. The quantitative estimate of drug-likeness (QED) is 0.216. The molecule has 2 aromatic heterocycles. The number of carboxylic acids is 1. The van der Waals surface area contributed by atoms with Gasteiger partial charge in [0, 0.05) is 30.5 Å². The van der Waals surface area contributed by atoms with Gasteiger partial charge in [-0.15, -0.1) is 16.4 Å². The van der Waals surface area contributed by atoms with Gasteiger partial charge in [-0.1, -0.05) is 24.5 Å². The topological polar surface area (TPSA) is 153 Å². The summed E-state index contributed by atoms with van der Waals surface area (Å²) in [5.41, 5.74) is 0.817. The zero-order valence-corrected chi connectivity index (χ0v) is 27.2. The summed E-state index contributed by atoms with van der Waals surface area (Å²) in [5, 5.41) is 38.1. The van der Waals surface area contributed by atoms with Gasteiger partial charge in [-0.2, -0.15) is 0 Å². The maximum absolute atomic E-state index is 14.8. The molecule has 256 valence electrons. The van der Waals surface area contributed by atoms with Crippen LogP contribution in [0.4, 0.5) is 9.52 Å². The molecule has 9 atom stereocenters. The lowest BCUT2D eigenvalue weighted by Crippen LogP contribution is -2.55. The van der Waals surface area contributed by atoms with Gasteiger partial charge in [0.15, 0.2) is 5.13 Å². The number of alkyl halides is 1. The van der Waals surface area contributed by atoms with Crippen LogP contribution in [-0.2, 0) is 32.2 Å². The van der Waals surface area contributed by atoms with Crippen LogP contribution < -0.4 is 10.6 Å². The predicted molar refractivity (Wildman–Crippen MR) is 169 cm³/mol. The maximum atomic E-state index is 14.8. The molecule has 2 aromatic rings.